The third-order valence-corrected chi connectivity index (χ3v) is 8.68. The quantitative estimate of drug-likeness (QED) is 0.362. The van der Waals surface area contributed by atoms with Crippen LogP contribution >= 0.6 is 22.9 Å². The zero-order valence-electron chi connectivity index (χ0n) is 21.2. The van der Waals surface area contributed by atoms with Crippen LogP contribution in [-0.2, 0) is 11.2 Å². The van der Waals surface area contributed by atoms with Crippen LogP contribution in [-0.4, -0.2) is 64.7 Å². The first-order valence-corrected chi connectivity index (χ1v) is 14.3. The summed E-state index contributed by atoms with van der Waals surface area (Å²) in [6.07, 6.45) is 6.19. The molecule has 1 aliphatic carbocycles. The number of thiazole rings is 1. The number of nitrogens with zero attached hydrogens (tertiary/aromatic N) is 3. The number of anilines is 1. The van der Waals surface area contributed by atoms with Crippen LogP contribution in [0.4, 0.5) is 5.13 Å². The number of aromatic amines is 1. The van der Waals surface area contributed by atoms with Gasteiger partial charge in [-0.3, -0.25) is 4.79 Å². The summed E-state index contributed by atoms with van der Waals surface area (Å²) in [5.41, 5.74) is 2.11. The number of nitrogens with one attached hydrogen (secondary N) is 3. The van der Waals surface area contributed by atoms with E-state index in [0.717, 1.165) is 46.8 Å². The lowest BCUT2D eigenvalue weighted by Gasteiger charge is -2.40. The largest absolute Gasteiger partial charge is 0.462 e. The highest BCUT2D eigenvalue weighted by Gasteiger charge is 2.34. The number of fused-ring (bicyclic) bond motifs is 1. The zero-order chi connectivity index (χ0) is 25.9. The fraction of sp³-hybridized carbons (Fsp3) is 0.538. The molecule has 1 saturated heterocycles. The predicted octanol–water partition coefficient (Wildman–Crippen LogP) is 4.32. The van der Waals surface area contributed by atoms with E-state index in [4.69, 9.17) is 21.3 Å². The van der Waals surface area contributed by atoms with Crippen LogP contribution in [0.1, 0.15) is 72.6 Å². The third kappa shape index (κ3) is 5.61. The van der Waals surface area contributed by atoms with E-state index in [1.165, 1.54) is 24.2 Å². The van der Waals surface area contributed by atoms with Gasteiger partial charge in [-0.05, 0) is 44.7 Å². The van der Waals surface area contributed by atoms with Crippen molar-refractivity contribution in [1.29, 1.82) is 0 Å². The first-order valence-electron chi connectivity index (χ1n) is 13.1. The maximum absolute atomic E-state index is 13.0. The van der Waals surface area contributed by atoms with Gasteiger partial charge < -0.3 is 25.3 Å². The molecule has 0 radical (unpaired) electrons. The Kier molecular flexibility index (Phi) is 7.97. The van der Waals surface area contributed by atoms with E-state index < -0.39 is 0 Å². The minimum absolute atomic E-state index is 0.0495. The molecule has 1 aromatic carbocycles. The molecule has 3 aromatic rings. The number of hydrogen-bond acceptors (Lipinski definition) is 8. The van der Waals surface area contributed by atoms with Crippen molar-refractivity contribution in [3.63, 3.8) is 0 Å². The first-order chi connectivity index (χ1) is 18.0. The van der Waals surface area contributed by atoms with E-state index >= 15 is 0 Å². The van der Waals surface area contributed by atoms with Gasteiger partial charge in [-0.2, -0.15) is 0 Å². The zero-order valence-corrected chi connectivity index (χ0v) is 22.8. The first kappa shape index (κ1) is 25.9. The Bertz CT molecular complexity index is 1270. The molecule has 37 heavy (non-hydrogen) atoms. The standard InChI is InChI=1S/C26H33ClN6O3S/c1-3-17-22(27)32-23(29-17)24(34)30-18-12-13-33(14-20(18)28-15-8-5-6-9-15)26-31-19-11-7-10-16(21(19)37-26)25(35)36-4-2/h7,10-11,15,18,20,28H,3-6,8-9,12-14H2,1-2H3,(H,29,32)(H,30,34)/t18-,20+/m1/s1. The molecule has 2 aromatic heterocycles. The molecule has 0 bridgehead atoms. The van der Waals surface area contributed by atoms with Gasteiger partial charge in [0.1, 0.15) is 0 Å². The number of halogens is 1. The number of aryl methyl sites for hydroxylation is 1. The lowest BCUT2D eigenvalue weighted by Crippen LogP contribution is -2.61. The van der Waals surface area contributed by atoms with Crippen molar-refractivity contribution in [2.45, 2.75) is 70.5 Å². The van der Waals surface area contributed by atoms with Crippen LogP contribution in [0.5, 0.6) is 0 Å². The minimum atomic E-state index is -0.324. The highest BCUT2D eigenvalue weighted by atomic mass is 35.5. The van der Waals surface area contributed by atoms with E-state index in [-0.39, 0.29) is 29.8 Å². The second-order valence-corrected chi connectivity index (χ2v) is 11.0. The number of ether oxygens (including phenoxy) is 1. The van der Waals surface area contributed by atoms with E-state index in [1.54, 1.807) is 13.0 Å². The Hall–Kier alpha value is -2.69. The van der Waals surface area contributed by atoms with Crippen molar-refractivity contribution >= 4 is 50.2 Å². The normalized spacial score (nSPS) is 20.5. The van der Waals surface area contributed by atoms with Crippen molar-refractivity contribution in [3.8, 4) is 0 Å². The molecule has 3 N–H and O–H groups in total. The Morgan fingerprint density at radius 3 is 2.73 bits per heavy atom. The number of rotatable bonds is 8. The van der Waals surface area contributed by atoms with E-state index in [0.29, 0.717) is 36.3 Å². The average Bonchev–Trinajstić information content (AvgIpc) is 3.64. The number of H-pyrrole nitrogens is 1. The Morgan fingerprint density at radius 2 is 2.00 bits per heavy atom. The van der Waals surface area contributed by atoms with Crippen LogP contribution in [0.15, 0.2) is 18.2 Å². The molecule has 9 nitrogen and oxygen atoms in total. The number of esters is 1. The van der Waals surface area contributed by atoms with Crippen molar-refractivity contribution in [3.05, 3.63) is 40.4 Å². The minimum Gasteiger partial charge on any atom is -0.462 e. The highest BCUT2D eigenvalue weighted by molar-refractivity contribution is 7.22. The smallest absolute Gasteiger partial charge is 0.339 e. The molecule has 11 heteroatoms. The molecule has 3 heterocycles. The van der Waals surface area contributed by atoms with Crippen LogP contribution in [0, 0.1) is 0 Å². The van der Waals surface area contributed by atoms with Crippen molar-refractivity contribution in [1.82, 2.24) is 25.6 Å². The summed E-state index contributed by atoms with van der Waals surface area (Å²) in [4.78, 5) is 39.9. The topological polar surface area (TPSA) is 112 Å². The van der Waals surface area contributed by atoms with Crippen molar-refractivity contribution in [2.24, 2.45) is 0 Å². The third-order valence-electron chi connectivity index (χ3n) is 7.20. The van der Waals surface area contributed by atoms with Gasteiger partial charge in [-0.25, -0.2) is 14.8 Å². The SMILES string of the molecule is CCOC(=O)c1cccc2nc(N3CC[C@@H](NC(=O)c4nc(Cl)c(CC)[nH]4)[C@@H](NC4CCCC4)C3)sc12. The van der Waals surface area contributed by atoms with Crippen molar-refractivity contribution in [2.75, 3.05) is 24.6 Å². The van der Waals surface area contributed by atoms with Crippen LogP contribution in [0.3, 0.4) is 0 Å². The van der Waals surface area contributed by atoms with Crippen LogP contribution in [0.2, 0.25) is 5.15 Å². The number of imidazole rings is 1. The molecule has 2 fully saturated rings. The number of aromatic nitrogens is 3. The summed E-state index contributed by atoms with van der Waals surface area (Å²) in [6.45, 7) is 5.55. The molecular formula is C26H33ClN6O3S. The summed E-state index contributed by atoms with van der Waals surface area (Å²) in [7, 11) is 0. The summed E-state index contributed by atoms with van der Waals surface area (Å²) < 4.78 is 6.09. The van der Waals surface area contributed by atoms with Crippen LogP contribution < -0.4 is 15.5 Å². The molecule has 2 atom stereocenters. The van der Waals surface area contributed by atoms with Crippen molar-refractivity contribution < 1.29 is 14.3 Å². The average molecular weight is 545 g/mol. The van der Waals surface area contributed by atoms with E-state index in [2.05, 4.69) is 25.5 Å². The lowest BCUT2D eigenvalue weighted by molar-refractivity contribution is 0.0528. The van der Waals surface area contributed by atoms with Gasteiger partial charge in [-0.15, -0.1) is 0 Å². The second kappa shape index (κ2) is 11.4. The predicted molar refractivity (Wildman–Crippen MR) is 146 cm³/mol. The van der Waals surface area contributed by atoms with Gasteiger partial charge in [0.25, 0.3) is 5.91 Å². The Labute approximate surface area is 225 Å². The van der Waals surface area contributed by atoms with Gasteiger partial charge in [-0.1, -0.05) is 48.8 Å². The summed E-state index contributed by atoms with van der Waals surface area (Å²) in [5.74, 6) is -0.311. The Morgan fingerprint density at radius 1 is 1.19 bits per heavy atom. The molecule has 5 rings (SSSR count). The fourth-order valence-corrected chi connectivity index (χ4v) is 6.64. The molecule has 198 valence electrons. The highest BCUT2D eigenvalue weighted by Crippen LogP contribution is 2.33. The second-order valence-electron chi connectivity index (χ2n) is 9.65. The fourth-order valence-electron chi connectivity index (χ4n) is 5.27. The van der Waals surface area contributed by atoms with E-state index in [9.17, 15) is 9.59 Å². The number of hydrogen-bond donors (Lipinski definition) is 3. The summed E-state index contributed by atoms with van der Waals surface area (Å²) >= 11 is 7.68. The number of carbonyl (C=O) groups is 2. The number of benzene rings is 1. The number of carbonyl (C=O) groups excluding carboxylic acids is 2. The molecular weight excluding hydrogens is 512 g/mol. The summed E-state index contributed by atoms with van der Waals surface area (Å²) in [5, 5.41) is 8.25. The summed E-state index contributed by atoms with van der Waals surface area (Å²) in [6, 6.07) is 6.00. The van der Waals surface area contributed by atoms with Gasteiger partial charge in [0, 0.05) is 31.2 Å². The van der Waals surface area contributed by atoms with Gasteiger partial charge in [0.05, 0.1) is 28.1 Å². The molecule has 1 aliphatic heterocycles. The molecule has 0 unspecified atom stereocenters. The number of piperidine rings is 1. The number of amides is 1. The molecule has 0 spiro atoms. The lowest BCUT2D eigenvalue weighted by atomic mass is 9.98. The monoisotopic (exact) mass is 544 g/mol. The van der Waals surface area contributed by atoms with Gasteiger partial charge in [0.2, 0.25) is 0 Å². The Balaban J connectivity index is 1.35. The maximum atomic E-state index is 13.0. The molecule has 1 saturated carbocycles. The van der Waals surface area contributed by atoms with E-state index in [1.807, 2.05) is 19.1 Å². The molecule has 2 aliphatic rings. The maximum Gasteiger partial charge on any atom is 0.339 e. The van der Waals surface area contributed by atoms with Gasteiger partial charge >= 0.3 is 5.97 Å². The molecule has 1 amide bonds. The van der Waals surface area contributed by atoms with Gasteiger partial charge in [0.15, 0.2) is 16.1 Å². The van der Waals surface area contributed by atoms with Crippen LogP contribution in [0.25, 0.3) is 10.2 Å².